The zero-order valence-corrected chi connectivity index (χ0v) is 15.5. The molecule has 0 aromatic heterocycles. The molecule has 3 N–H and O–H groups in total. The first-order valence-electron chi connectivity index (χ1n) is 8.60. The smallest absolute Gasteiger partial charge is 0.251 e. The maximum absolute atomic E-state index is 11.8. The summed E-state index contributed by atoms with van der Waals surface area (Å²) >= 11 is 0. The summed E-state index contributed by atoms with van der Waals surface area (Å²) in [6.45, 7) is 3.79. The van der Waals surface area contributed by atoms with E-state index >= 15 is 0 Å². The van der Waals surface area contributed by atoms with Gasteiger partial charge in [-0.2, -0.15) is 0 Å². The topological polar surface area (TPSA) is 74.8 Å². The standard InChI is InChI=1S/C20H26N4O2/c1-4-22-19(25)17-10-8-15(9-11-17)13-23-20(21-2)24-14-16-6-5-7-18(12-16)26-3/h5-12H,4,13-14H2,1-3H3,(H,22,25)(H2,21,23,24). The van der Waals surface area contributed by atoms with Crippen molar-refractivity contribution in [3.8, 4) is 5.75 Å². The number of hydrogen-bond acceptors (Lipinski definition) is 3. The Morgan fingerprint density at radius 3 is 2.31 bits per heavy atom. The van der Waals surface area contributed by atoms with E-state index in [1.54, 1.807) is 14.2 Å². The van der Waals surface area contributed by atoms with Gasteiger partial charge < -0.3 is 20.7 Å². The molecule has 6 heteroatoms. The predicted molar refractivity (Wildman–Crippen MR) is 104 cm³/mol. The van der Waals surface area contributed by atoms with Gasteiger partial charge in [0.05, 0.1) is 7.11 Å². The number of nitrogens with one attached hydrogen (secondary N) is 3. The Kier molecular flexibility index (Phi) is 7.49. The number of rotatable bonds is 7. The quantitative estimate of drug-likeness (QED) is 0.527. The minimum atomic E-state index is -0.0530. The molecule has 2 rings (SSSR count). The monoisotopic (exact) mass is 354 g/mol. The predicted octanol–water partition coefficient (Wildman–Crippen LogP) is 2.31. The Hall–Kier alpha value is -3.02. The third-order valence-corrected chi connectivity index (χ3v) is 3.83. The molecule has 138 valence electrons. The van der Waals surface area contributed by atoms with E-state index in [2.05, 4.69) is 20.9 Å². The van der Waals surface area contributed by atoms with Crippen LogP contribution >= 0.6 is 0 Å². The molecule has 0 saturated heterocycles. The largest absolute Gasteiger partial charge is 0.497 e. The average molecular weight is 354 g/mol. The molecule has 2 aromatic rings. The van der Waals surface area contributed by atoms with Crippen LogP contribution < -0.4 is 20.7 Å². The molecule has 0 fully saturated rings. The second-order valence-electron chi connectivity index (χ2n) is 5.69. The van der Waals surface area contributed by atoms with Crippen LogP contribution in [0.5, 0.6) is 5.75 Å². The summed E-state index contributed by atoms with van der Waals surface area (Å²) in [5.41, 5.74) is 2.84. The number of methoxy groups -OCH3 is 1. The summed E-state index contributed by atoms with van der Waals surface area (Å²) in [5, 5.41) is 9.33. The SMILES string of the molecule is CCNC(=O)c1ccc(CNC(=NC)NCc2cccc(OC)c2)cc1. The van der Waals surface area contributed by atoms with E-state index in [1.807, 2.05) is 55.5 Å². The molecule has 0 aliphatic carbocycles. The lowest BCUT2D eigenvalue weighted by atomic mass is 10.1. The molecule has 1 amide bonds. The number of carbonyl (C=O) groups excluding carboxylic acids is 1. The van der Waals surface area contributed by atoms with Gasteiger partial charge in [-0.05, 0) is 42.3 Å². The van der Waals surface area contributed by atoms with Crippen molar-refractivity contribution in [2.24, 2.45) is 4.99 Å². The minimum absolute atomic E-state index is 0.0530. The fourth-order valence-corrected chi connectivity index (χ4v) is 2.41. The number of benzene rings is 2. The summed E-state index contributed by atoms with van der Waals surface area (Å²) in [6, 6.07) is 15.4. The first kappa shape index (κ1) is 19.3. The van der Waals surface area contributed by atoms with E-state index in [4.69, 9.17) is 4.74 Å². The first-order valence-corrected chi connectivity index (χ1v) is 8.60. The van der Waals surface area contributed by atoms with Crippen molar-refractivity contribution < 1.29 is 9.53 Å². The molecular weight excluding hydrogens is 328 g/mol. The second kappa shape index (κ2) is 10.1. The van der Waals surface area contributed by atoms with Crippen molar-refractivity contribution in [3.63, 3.8) is 0 Å². The number of amides is 1. The van der Waals surface area contributed by atoms with Crippen molar-refractivity contribution in [3.05, 3.63) is 65.2 Å². The summed E-state index contributed by atoms with van der Waals surface area (Å²) in [5.74, 6) is 1.49. The summed E-state index contributed by atoms with van der Waals surface area (Å²) in [4.78, 5) is 16.0. The van der Waals surface area contributed by atoms with E-state index < -0.39 is 0 Å². The van der Waals surface area contributed by atoms with Gasteiger partial charge in [0, 0.05) is 32.2 Å². The highest BCUT2D eigenvalue weighted by Gasteiger charge is 2.04. The van der Waals surface area contributed by atoms with Crippen LogP contribution in [-0.4, -0.2) is 32.6 Å². The van der Waals surface area contributed by atoms with Crippen LogP contribution in [0, 0.1) is 0 Å². The Morgan fingerprint density at radius 1 is 1.00 bits per heavy atom. The number of ether oxygens (including phenoxy) is 1. The van der Waals surface area contributed by atoms with Gasteiger partial charge in [0.15, 0.2) is 5.96 Å². The van der Waals surface area contributed by atoms with Gasteiger partial charge >= 0.3 is 0 Å². The van der Waals surface area contributed by atoms with Crippen molar-refractivity contribution in [2.75, 3.05) is 20.7 Å². The lowest BCUT2D eigenvalue weighted by Crippen LogP contribution is -2.36. The van der Waals surface area contributed by atoms with Gasteiger partial charge in [0.1, 0.15) is 5.75 Å². The van der Waals surface area contributed by atoms with Crippen LogP contribution in [0.1, 0.15) is 28.4 Å². The number of hydrogen-bond donors (Lipinski definition) is 3. The molecule has 6 nitrogen and oxygen atoms in total. The lowest BCUT2D eigenvalue weighted by molar-refractivity contribution is 0.0956. The minimum Gasteiger partial charge on any atom is -0.497 e. The van der Waals surface area contributed by atoms with Crippen LogP contribution in [0.3, 0.4) is 0 Å². The zero-order chi connectivity index (χ0) is 18.8. The van der Waals surface area contributed by atoms with E-state index in [9.17, 15) is 4.79 Å². The maximum atomic E-state index is 11.8. The highest BCUT2D eigenvalue weighted by Crippen LogP contribution is 2.12. The lowest BCUT2D eigenvalue weighted by Gasteiger charge is -2.13. The molecule has 0 radical (unpaired) electrons. The van der Waals surface area contributed by atoms with Gasteiger partial charge in [0.2, 0.25) is 0 Å². The highest BCUT2D eigenvalue weighted by atomic mass is 16.5. The fraction of sp³-hybridized carbons (Fsp3) is 0.300. The second-order valence-corrected chi connectivity index (χ2v) is 5.69. The molecular formula is C20H26N4O2. The van der Waals surface area contributed by atoms with Gasteiger partial charge in [-0.15, -0.1) is 0 Å². The molecule has 2 aromatic carbocycles. The summed E-state index contributed by atoms with van der Waals surface area (Å²) in [7, 11) is 3.39. The molecule has 0 heterocycles. The number of carbonyl (C=O) groups is 1. The van der Waals surface area contributed by atoms with Crippen LogP contribution in [0.25, 0.3) is 0 Å². The molecule has 0 atom stereocenters. The van der Waals surface area contributed by atoms with Gasteiger partial charge in [0.25, 0.3) is 5.91 Å². The molecule has 0 aliphatic heterocycles. The molecule has 0 bridgehead atoms. The van der Waals surface area contributed by atoms with E-state index in [0.717, 1.165) is 16.9 Å². The van der Waals surface area contributed by atoms with Crippen LogP contribution in [0.4, 0.5) is 0 Å². The zero-order valence-electron chi connectivity index (χ0n) is 15.5. The molecule has 0 aliphatic rings. The first-order chi connectivity index (χ1) is 12.7. The van der Waals surface area contributed by atoms with E-state index in [-0.39, 0.29) is 5.91 Å². The highest BCUT2D eigenvalue weighted by molar-refractivity contribution is 5.94. The Bertz CT molecular complexity index is 742. The van der Waals surface area contributed by atoms with Gasteiger partial charge in [-0.3, -0.25) is 9.79 Å². The van der Waals surface area contributed by atoms with Gasteiger partial charge in [-0.25, -0.2) is 0 Å². The summed E-state index contributed by atoms with van der Waals surface area (Å²) < 4.78 is 5.23. The Labute approximate surface area is 154 Å². The molecule has 0 saturated carbocycles. The number of nitrogens with zero attached hydrogens (tertiary/aromatic N) is 1. The van der Waals surface area contributed by atoms with Crippen molar-refractivity contribution in [2.45, 2.75) is 20.0 Å². The van der Waals surface area contributed by atoms with Crippen LogP contribution in [-0.2, 0) is 13.1 Å². The van der Waals surface area contributed by atoms with Crippen LogP contribution in [0.15, 0.2) is 53.5 Å². The van der Waals surface area contributed by atoms with Crippen molar-refractivity contribution in [1.82, 2.24) is 16.0 Å². The maximum Gasteiger partial charge on any atom is 0.251 e. The molecule has 0 spiro atoms. The Morgan fingerprint density at radius 2 is 1.69 bits per heavy atom. The number of aliphatic imine (C=N–C) groups is 1. The van der Waals surface area contributed by atoms with Crippen molar-refractivity contribution in [1.29, 1.82) is 0 Å². The van der Waals surface area contributed by atoms with Crippen molar-refractivity contribution >= 4 is 11.9 Å². The third-order valence-electron chi connectivity index (χ3n) is 3.83. The van der Waals surface area contributed by atoms with E-state index in [0.29, 0.717) is 31.2 Å². The van der Waals surface area contributed by atoms with E-state index in [1.165, 1.54) is 0 Å². The Balaban J connectivity index is 1.85. The molecule has 26 heavy (non-hydrogen) atoms. The normalized spacial score (nSPS) is 11.0. The van der Waals surface area contributed by atoms with Crippen LogP contribution in [0.2, 0.25) is 0 Å². The number of guanidine groups is 1. The third kappa shape index (κ3) is 5.81. The summed E-state index contributed by atoms with van der Waals surface area (Å²) in [6.07, 6.45) is 0. The average Bonchev–Trinajstić information content (AvgIpc) is 2.69. The molecule has 0 unspecified atom stereocenters. The van der Waals surface area contributed by atoms with Gasteiger partial charge in [-0.1, -0.05) is 24.3 Å². The fourth-order valence-electron chi connectivity index (χ4n) is 2.41.